The van der Waals surface area contributed by atoms with Crippen LogP contribution in [0.15, 0.2) is 30.3 Å². The van der Waals surface area contributed by atoms with Crippen LogP contribution in [0.3, 0.4) is 0 Å². The Balaban J connectivity index is 2.97. The average Bonchev–Trinajstić information content (AvgIpc) is 2.74. The van der Waals surface area contributed by atoms with E-state index in [1.165, 1.54) is 0 Å². The fraction of sp³-hybridized carbons (Fsp3) is 0.444. The van der Waals surface area contributed by atoms with Gasteiger partial charge in [-0.2, -0.15) is 25.3 Å². The highest BCUT2D eigenvalue weighted by Crippen LogP contribution is 2.05. The molecule has 0 bridgehead atoms. The van der Waals surface area contributed by atoms with Crippen LogP contribution >= 0.6 is 25.3 Å². The van der Waals surface area contributed by atoms with Crippen LogP contribution in [-0.4, -0.2) is 76.2 Å². The highest BCUT2D eigenvalue weighted by Gasteiger charge is 2.29. The van der Waals surface area contributed by atoms with Crippen molar-refractivity contribution in [1.29, 1.82) is 0 Å². The third-order valence-electron chi connectivity index (χ3n) is 4.06. The molecule has 0 fully saturated rings. The number of carbonyl (C=O) groups excluding carboxylic acids is 3. The Bertz CT molecular complexity index is 737. The van der Waals surface area contributed by atoms with E-state index < -0.39 is 54.5 Å². The van der Waals surface area contributed by atoms with Crippen LogP contribution in [0, 0.1) is 0 Å². The molecule has 0 saturated carbocycles. The monoisotopic (exact) mass is 458 g/mol. The Morgan fingerprint density at radius 2 is 1.37 bits per heavy atom. The molecule has 1 rings (SSSR count). The van der Waals surface area contributed by atoms with Crippen molar-refractivity contribution in [3.8, 4) is 0 Å². The number of nitrogens with one attached hydrogen (secondary N) is 3. The van der Waals surface area contributed by atoms with Crippen LogP contribution < -0.4 is 21.7 Å². The van der Waals surface area contributed by atoms with Crippen LogP contribution in [0.1, 0.15) is 5.56 Å². The number of hydrogen-bond acceptors (Lipinski definition) is 8. The van der Waals surface area contributed by atoms with Gasteiger partial charge in [-0.15, -0.1) is 0 Å². The third-order valence-corrected chi connectivity index (χ3v) is 4.79. The largest absolute Gasteiger partial charge is 0.480 e. The summed E-state index contributed by atoms with van der Waals surface area (Å²) in [5.41, 5.74) is 6.15. The number of rotatable bonds is 12. The Hall–Kier alpha value is -2.28. The summed E-state index contributed by atoms with van der Waals surface area (Å²) in [5, 5.41) is 25.3. The Kier molecular flexibility index (Phi) is 11.3. The van der Waals surface area contributed by atoms with Crippen molar-refractivity contribution in [2.24, 2.45) is 5.73 Å². The van der Waals surface area contributed by atoms with Crippen LogP contribution in [0.25, 0.3) is 0 Å². The number of carbonyl (C=O) groups is 4. The van der Waals surface area contributed by atoms with Gasteiger partial charge in [0.05, 0.1) is 6.61 Å². The van der Waals surface area contributed by atoms with Crippen molar-refractivity contribution in [3.63, 3.8) is 0 Å². The second-order valence-electron chi connectivity index (χ2n) is 6.37. The number of aliphatic hydroxyl groups excluding tert-OH is 1. The zero-order chi connectivity index (χ0) is 22.7. The summed E-state index contributed by atoms with van der Waals surface area (Å²) in [6.45, 7) is -0.605. The first-order valence-corrected chi connectivity index (χ1v) is 10.3. The fourth-order valence-electron chi connectivity index (χ4n) is 2.34. The van der Waals surface area contributed by atoms with Crippen molar-refractivity contribution in [3.05, 3.63) is 35.9 Å². The minimum atomic E-state index is -1.26. The number of carboxylic acid groups (broad SMARTS) is 1. The summed E-state index contributed by atoms with van der Waals surface area (Å²) >= 11 is 7.94. The van der Waals surface area contributed by atoms with Crippen molar-refractivity contribution < 1.29 is 29.4 Å². The molecule has 1 aromatic carbocycles. The molecule has 4 unspecified atom stereocenters. The van der Waals surface area contributed by atoms with Gasteiger partial charge < -0.3 is 31.9 Å². The highest BCUT2D eigenvalue weighted by molar-refractivity contribution is 7.80. The van der Waals surface area contributed by atoms with E-state index in [0.29, 0.717) is 0 Å². The first kappa shape index (κ1) is 25.8. The van der Waals surface area contributed by atoms with E-state index in [1.54, 1.807) is 30.3 Å². The highest BCUT2D eigenvalue weighted by atomic mass is 32.1. The topological polar surface area (TPSA) is 171 Å². The molecule has 4 atom stereocenters. The van der Waals surface area contributed by atoms with Gasteiger partial charge in [-0.05, 0) is 5.56 Å². The summed E-state index contributed by atoms with van der Waals surface area (Å²) in [6, 6.07) is 4.11. The normalized spacial score (nSPS) is 14.7. The number of thiol groups is 2. The third kappa shape index (κ3) is 8.22. The quantitative estimate of drug-likeness (QED) is 0.167. The summed E-state index contributed by atoms with van der Waals surface area (Å²) in [6.07, 6.45) is 0.0840. The molecule has 166 valence electrons. The molecule has 30 heavy (non-hydrogen) atoms. The lowest BCUT2D eigenvalue weighted by atomic mass is 10.0. The number of aliphatic hydroxyl groups is 1. The van der Waals surface area contributed by atoms with E-state index in [4.69, 9.17) is 15.9 Å². The lowest BCUT2D eigenvalue weighted by Crippen LogP contribution is -2.58. The Morgan fingerprint density at radius 3 is 1.87 bits per heavy atom. The van der Waals surface area contributed by atoms with Crippen molar-refractivity contribution in [1.82, 2.24) is 16.0 Å². The standard InChI is InChI=1S/C18H26N4O6S2/c19-11(7-23)15(24)21-13(8-29)17(26)20-12(6-10-4-2-1-3-5-10)16(25)22-14(9-30)18(27)28/h1-5,11-14,23,29-30H,6-9,19H2,(H,20,26)(H,21,24)(H,22,25)(H,27,28). The van der Waals surface area contributed by atoms with Crippen molar-refractivity contribution >= 4 is 48.9 Å². The van der Waals surface area contributed by atoms with Gasteiger partial charge in [0.1, 0.15) is 24.2 Å². The number of hydrogen-bond donors (Lipinski definition) is 8. The van der Waals surface area contributed by atoms with E-state index in [0.717, 1.165) is 5.56 Å². The molecular weight excluding hydrogens is 432 g/mol. The van der Waals surface area contributed by atoms with E-state index in [2.05, 4.69) is 41.2 Å². The summed E-state index contributed by atoms with van der Waals surface area (Å²) in [5.74, 6) is -3.67. The summed E-state index contributed by atoms with van der Waals surface area (Å²) in [4.78, 5) is 48.3. The smallest absolute Gasteiger partial charge is 0.327 e. The molecule has 0 heterocycles. The van der Waals surface area contributed by atoms with Gasteiger partial charge in [0.25, 0.3) is 0 Å². The molecule has 10 nitrogen and oxygen atoms in total. The van der Waals surface area contributed by atoms with E-state index >= 15 is 0 Å². The van der Waals surface area contributed by atoms with Gasteiger partial charge in [-0.25, -0.2) is 4.79 Å². The summed E-state index contributed by atoms with van der Waals surface area (Å²) < 4.78 is 0. The fourth-order valence-corrected chi connectivity index (χ4v) is 2.85. The molecule has 0 aliphatic rings. The zero-order valence-corrected chi connectivity index (χ0v) is 17.8. The molecule has 1 aromatic rings. The minimum Gasteiger partial charge on any atom is -0.480 e. The van der Waals surface area contributed by atoms with Crippen LogP contribution in [-0.2, 0) is 25.6 Å². The van der Waals surface area contributed by atoms with Crippen molar-refractivity contribution in [2.75, 3.05) is 18.1 Å². The van der Waals surface area contributed by atoms with Gasteiger partial charge in [0.2, 0.25) is 17.7 Å². The molecule has 3 amide bonds. The molecule has 0 spiro atoms. The Morgan fingerprint density at radius 1 is 0.867 bits per heavy atom. The number of benzene rings is 1. The zero-order valence-electron chi connectivity index (χ0n) is 16.0. The number of amides is 3. The van der Waals surface area contributed by atoms with Gasteiger partial charge in [0.15, 0.2) is 0 Å². The molecule has 0 aliphatic heterocycles. The average molecular weight is 459 g/mol. The number of carboxylic acids is 1. The Labute approximate surface area is 184 Å². The van der Waals surface area contributed by atoms with E-state index in [-0.39, 0.29) is 17.9 Å². The molecular formula is C18H26N4O6S2. The molecule has 0 radical (unpaired) electrons. The van der Waals surface area contributed by atoms with Gasteiger partial charge in [-0.3, -0.25) is 14.4 Å². The number of nitrogens with two attached hydrogens (primary N) is 1. The molecule has 12 heteroatoms. The van der Waals surface area contributed by atoms with E-state index in [1.807, 2.05) is 0 Å². The maximum atomic E-state index is 12.7. The lowest BCUT2D eigenvalue weighted by molar-refractivity contribution is -0.141. The van der Waals surface area contributed by atoms with Gasteiger partial charge in [-0.1, -0.05) is 30.3 Å². The number of aliphatic carboxylic acids is 1. The molecule has 0 saturated heterocycles. The van der Waals surface area contributed by atoms with Gasteiger partial charge >= 0.3 is 5.97 Å². The molecule has 0 aliphatic carbocycles. The van der Waals surface area contributed by atoms with Crippen LogP contribution in [0.4, 0.5) is 0 Å². The van der Waals surface area contributed by atoms with E-state index in [9.17, 15) is 19.2 Å². The van der Waals surface area contributed by atoms with Crippen LogP contribution in [0.5, 0.6) is 0 Å². The predicted octanol–water partition coefficient (Wildman–Crippen LogP) is -2.05. The second kappa shape index (κ2) is 13.1. The maximum Gasteiger partial charge on any atom is 0.327 e. The second-order valence-corrected chi connectivity index (χ2v) is 7.10. The predicted molar refractivity (Wildman–Crippen MR) is 116 cm³/mol. The molecule has 0 aromatic heterocycles. The van der Waals surface area contributed by atoms with Crippen molar-refractivity contribution in [2.45, 2.75) is 30.6 Å². The first-order chi connectivity index (χ1) is 14.2. The SMILES string of the molecule is NC(CO)C(=O)NC(CS)C(=O)NC(Cc1ccccc1)C(=O)NC(CS)C(=O)O. The molecule has 7 N–H and O–H groups in total. The van der Waals surface area contributed by atoms with Gasteiger partial charge in [0, 0.05) is 17.9 Å². The lowest BCUT2D eigenvalue weighted by Gasteiger charge is -2.24. The first-order valence-electron chi connectivity index (χ1n) is 8.99. The summed E-state index contributed by atoms with van der Waals surface area (Å²) in [7, 11) is 0. The maximum absolute atomic E-state index is 12.7. The van der Waals surface area contributed by atoms with Crippen LogP contribution in [0.2, 0.25) is 0 Å². The minimum absolute atomic E-state index is 0.0840.